The van der Waals surface area contributed by atoms with Crippen LogP contribution in [0, 0.1) is 0 Å². The van der Waals surface area contributed by atoms with Crippen molar-refractivity contribution < 1.29 is 9.59 Å². The van der Waals surface area contributed by atoms with Gasteiger partial charge in [0.1, 0.15) is 0 Å². The lowest BCUT2D eigenvalue weighted by molar-refractivity contribution is -0.135. The molecule has 0 bridgehead atoms. The molecular weight excluding hydrogens is 337 g/mol. The van der Waals surface area contributed by atoms with E-state index in [2.05, 4.69) is 5.32 Å². The third-order valence-electron chi connectivity index (χ3n) is 3.92. The molecule has 1 aromatic rings. The Labute approximate surface area is 146 Å². The molecule has 7 heteroatoms. The van der Waals surface area contributed by atoms with Crippen molar-refractivity contribution in [1.82, 2.24) is 15.1 Å². The summed E-state index contributed by atoms with van der Waals surface area (Å²) < 4.78 is 0. The van der Waals surface area contributed by atoms with Gasteiger partial charge in [0.25, 0.3) is 0 Å². The van der Waals surface area contributed by atoms with E-state index in [-0.39, 0.29) is 5.91 Å². The number of halogens is 2. The Morgan fingerprint density at radius 1 is 1.17 bits per heavy atom. The number of hydrogen-bond donors (Lipinski definition) is 1. The van der Waals surface area contributed by atoms with E-state index >= 15 is 0 Å². The molecule has 0 saturated carbocycles. The van der Waals surface area contributed by atoms with Crippen molar-refractivity contribution in [2.45, 2.75) is 12.8 Å². The summed E-state index contributed by atoms with van der Waals surface area (Å²) >= 11 is 12.0. The first-order chi connectivity index (χ1) is 11.1. The second-order valence-corrected chi connectivity index (χ2v) is 6.35. The van der Waals surface area contributed by atoms with Crippen LogP contribution in [0.5, 0.6) is 0 Å². The third-order valence-corrected chi connectivity index (χ3v) is 4.50. The first-order valence-electron chi connectivity index (χ1n) is 7.72. The van der Waals surface area contributed by atoms with Crippen molar-refractivity contribution in [2.24, 2.45) is 0 Å². The summed E-state index contributed by atoms with van der Waals surface area (Å²) in [6.45, 7) is 3.89. The van der Waals surface area contributed by atoms with Gasteiger partial charge in [0, 0.05) is 49.2 Å². The van der Waals surface area contributed by atoms with Gasteiger partial charge >= 0.3 is 0 Å². The molecule has 2 rings (SSSR count). The van der Waals surface area contributed by atoms with Crippen LogP contribution in [0.1, 0.15) is 12.0 Å². The number of piperazine rings is 1. The van der Waals surface area contributed by atoms with Crippen LogP contribution in [-0.4, -0.2) is 61.4 Å². The van der Waals surface area contributed by atoms with Crippen molar-refractivity contribution in [3.63, 3.8) is 0 Å². The Morgan fingerprint density at radius 2 is 1.91 bits per heavy atom. The monoisotopic (exact) mass is 357 g/mol. The summed E-state index contributed by atoms with van der Waals surface area (Å²) in [6.07, 6.45) is 2.10. The third kappa shape index (κ3) is 5.68. The van der Waals surface area contributed by atoms with E-state index < -0.39 is 0 Å². The zero-order chi connectivity index (χ0) is 16.7. The number of benzene rings is 1. The maximum atomic E-state index is 12.1. The fourth-order valence-electron chi connectivity index (χ4n) is 2.50. The van der Waals surface area contributed by atoms with E-state index in [1.54, 1.807) is 11.0 Å². The summed E-state index contributed by atoms with van der Waals surface area (Å²) in [4.78, 5) is 26.2. The molecule has 0 radical (unpaired) electrons. The number of carbonyl (C=O) groups excluding carboxylic acids is 2. The summed E-state index contributed by atoms with van der Waals surface area (Å²) in [5.41, 5.74) is 1.04. The topological polar surface area (TPSA) is 52.7 Å². The second-order valence-electron chi connectivity index (χ2n) is 5.51. The minimum atomic E-state index is 0.132. The Morgan fingerprint density at radius 3 is 2.57 bits per heavy atom. The fourth-order valence-corrected chi connectivity index (χ4v) is 3.01. The van der Waals surface area contributed by atoms with Crippen LogP contribution in [0.2, 0.25) is 10.0 Å². The Balaban J connectivity index is 1.62. The largest absolute Gasteiger partial charge is 0.342 e. The van der Waals surface area contributed by atoms with Crippen molar-refractivity contribution in [3.8, 4) is 0 Å². The zero-order valence-corrected chi connectivity index (χ0v) is 14.4. The highest BCUT2D eigenvalue weighted by Gasteiger charge is 2.19. The van der Waals surface area contributed by atoms with Crippen LogP contribution in [0.15, 0.2) is 18.2 Å². The van der Waals surface area contributed by atoms with Crippen LogP contribution in [0.25, 0.3) is 0 Å². The number of amides is 2. The first-order valence-corrected chi connectivity index (χ1v) is 8.47. The molecule has 1 aromatic carbocycles. The van der Waals surface area contributed by atoms with Crippen LogP contribution in [0.4, 0.5) is 0 Å². The van der Waals surface area contributed by atoms with Gasteiger partial charge in [-0.05, 0) is 30.7 Å². The number of nitrogens with one attached hydrogen (secondary N) is 1. The van der Waals surface area contributed by atoms with Gasteiger partial charge in [-0.1, -0.05) is 29.3 Å². The average Bonchev–Trinajstić information content (AvgIpc) is 2.56. The maximum absolute atomic E-state index is 12.1. The van der Waals surface area contributed by atoms with Crippen LogP contribution in [0.3, 0.4) is 0 Å². The number of hydrogen-bond acceptors (Lipinski definition) is 3. The van der Waals surface area contributed by atoms with E-state index in [1.807, 2.05) is 17.0 Å². The summed E-state index contributed by atoms with van der Waals surface area (Å²) in [6, 6.07) is 5.48. The molecule has 1 heterocycles. The molecule has 5 nitrogen and oxygen atoms in total. The molecule has 23 heavy (non-hydrogen) atoms. The molecule has 1 aliphatic rings. The predicted octanol–water partition coefficient (Wildman–Crippen LogP) is 1.82. The minimum Gasteiger partial charge on any atom is -0.342 e. The average molecular weight is 358 g/mol. The molecule has 0 aliphatic carbocycles. The fraction of sp³-hybridized carbons (Fsp3) is 0.500. The van der Waals surface area contributed by atoms with Crippen molar-refractivity contribution in [3.05, 3.63) is 33.8 Å². The highest BCUT2D eigenvalue weighted by Crippen LogP contribution is 2.20. The molecule has 0 spiro atoms. The van der Waals surface area contributed by atoms with Crippen LogP contribution in [-0.2, 0) is 16.0 Å². The van der Waals surface area contributed by atoms with Gasteiger partial charge in [-0.25, -0.2) is 0 Å². The number of carbonyl (C=O) groups is 2. The lowest BCUT2D eigenvalue weighted by Crippen LogP contribution is -2.48. The SMILES string of the molecule is O=CN1CCN(C(=O)CCNCCc2ccc(Cl)cc2Cl)CC1. The standard InChI is InChI=1S/C16H21Cl2N3O2/c17-14-2-1-13(15(18)11-14)3-5-19-6-4-16(23)21-9-7-20(12-22)8-10-21/h1-2,11-12,19H,3-10H2. The number of rotatable bonds is 7. The van der Waals surface area contributed by atoms with E-state index in [9.17, 15) is 9.59 Å². The molecule has 2 amide bonds. The highest BCUT2D eigenvalue weighted by molar-refractivity contribution is 6.35. The Hall–Kier alpha value is -1.30. The van der Waals surface area contributed by atoms with E-state index in [0.29, 0.717) is 49.2 Å². The number of nitrogens with zero attached hydrogens (tertiary/aromatic N) is 2. The van der Waals surface area contributed by atoms with E-state index in [4.69, 9.17) is 23.2 Å². The van der Waals surface area contributed by atoms with Crippen molar-refractivity contribution >= 4 is 35.5 Å². The maximum Gasteiger partial charge on any atom is 0.223 e. The zero-order valence-electron chi connectivity index (χ0n) is 12.9. The second kappa shape index (κ2) is 9.11. The van der Waals surface area contributed by atoms with Gasteiger partial charge < -0.3 is 15.1 Å². The van der Waals surface area contributed by atoms with Gasteiger partial charge in [0.15, 0.2) is 0 Å². The van der Waals surface area contributed by atoms with E-state index in [1.165, 1.54) is 0 Å². The van der Waals surface area contributed by atoms with Crippen molar-refractivity contribution in [2.75, 3.05) is 39.3 Å². The minimum absolute atomic E-state index is 0.132. The molecule has 0 unspecified atom stereocenters. The molecule has 1 aliphatic heterocycles. The molecule has 0 atom stereocenters. The summed E-state index contributed by atoms with van der Waals surface area (Å²) in [7, 11) is 0. The van der Waals surface area contributed by atoms with Gasteiger partial charge in [-0.2, -0.15) is 0 Å². The lowest BCUT2D eigenvalue weighted by atomic mass is 10.1. The molecule has 0 aromatic heterocycles. The van der Waals surface area contributed by atoms with Gasteiger partial charge in [0.05, 0.1) is 0 Å². The predicted molar refractivity (Wildman–Crippen MR) is 91.9 cm³/mol. The molecule has 1 saturated heterocycles. The van der Waals surface area contributed by atoms with Crippen LogP contribution >= 0.6 is 23.2 Å². The molecule has 126 valence electrons. The van der Waals surface area contributed by atoms with Crippen molar-refractivity contribution in [1.29, 1.82) is 0 Å². The quantitative estimate of drug-likeness (QED) is 0.598. The van der Waals surface area contributed by atoms with Gasteiger partial charge in [-0.3, -0.25) is 9.59 Å². The summed E-state index contributed by atoms with van der Waals surface area (Å²) in [5.74, 6) is 0.132. The molecular formula is C16H21Cl2N3O2. The Kier molecular flexibility index (Phi) is 7.15. The van der Waals surface area contributed by atoms with Gasteiger partial charge in [0.2, 0.25) is 12.3 Å². The smallest absolute Gasteiger partial charge is 0.223 e. The van der Waals surface area contributed by atoms with Crippen LogP contribution < -0.4 is 5.32 Å². The first kappa shape index (κ1) is 18.0. The molecule has 1 N–H and O–H groups in total. The van der Waals surface area contributed by atoms with Gasteiger partial charge in [-0.15, -0.1) is 0 Å². The highest BCUT2D eigenvalue weighted by atomic mass is 35.5. The summed E-state index contributed by atoms with van der Waals surface area (Å²) in [5, 5.41) is 4.56. The normalized spacial score (nSPS) is 14.9. The van der Waals surface area contributed by atoms with E-state index in [0.717, 1.165) is 24.9 Å². The molecule has 1 fully saturated rings. The Bertz CT molecular complexity index is 546. The lowest BCUT2D eigenvalue weighted by Gasteiger charge is -2.32.